The van der Waals surface area contributed by atoms with E-state index in [1.165, 1.54) is 0 Å². The number of nitrogens with zero attached hydrogens (tertiary/aromatic N) is 1. The number of rotatable bonds is 3. The molecule has 0 saturated carbocycles. The van der Waals surface area contributed by atoms with Crippen molar-refractivity contribution in [3.63, 3.8) is 0 Å². The van der Waals surface area contributed by atoms with Crippen LogP contribution >= 0.6 is 0 Å². The molecule has 0 aliphatic rings. The van der Waals surface area contributed by atoms with Gasteiger partial charge in [-0.1, -0.05) is 24.3 Å². The summed E-state index contributed by atoms with van der Waals surface area (Å²) in [7, 11) is 0. The number of hydrogen-bond acceptors (Lipinski definition) is 2. The Labute approximate surface area is 99.9 Å². The Bertz CT molecular complexity index is 511. The molecule has 0 spiro atoms. The molecule has 0 aliphatic heterocycles. The van der Waals surface area contributed by atoms with Crippen molar-refractivity contribution in [2.24, 2.45) is 0 Å². The molecule has 0 aliphatic carbocycles. The van der Waals surface area contributed by atoms with E-state index in [0.717, 1.165) is 16.7 Å². The lowest BCUT2D eigenvalue weighted by molar-refractivity contribution is 0.217. The van der Waals surface area contributed by atoms with Crippen molar-refractivity contribution < 1.29 is 4.39 Å². The van der Waals surface area contributed by atoms with E-state index < -0.39 is 5.67 Å². The highest BCUT2D eigenvalue weighted by molar-refractivity contribution is 5.73. The van der Waals surface area contributed by atoms with E-state index in [9.17, 15) is 4.39 Å². The SMILES string of the molecule is CC(C)(F)Cc1cccc(-c2cn[nH]c2N)c1. The number of aromatic amines is 1. The number of H-pyrrole nitrogens is 1. The van der Waals surface area contributed by atoms with E-state index in [4.69, 9.17) is 5.73 Å². The maximum Gasteiger partial charge on any atom is 0.126 e. The minimum atomic E-state index is -1.21. The molecule has 0 radical (unpaired) electrons. The first-order chi connectivity index (χ1) is 7.96. The highest BCUT2D eigenvalue weighted by atomic mass is 19.1. The molecule has 0 bridgehead atoms. The standard InChI is InChI=1S/C13H16FN3/c1-13(2,14)7-9-4-3-5-10(6-9)11-8-16-17-12(11)15/h3-6,8H,7H2,1-2H3,(H3,15,16,17). The van der Waals surface area contributed by atoms with Gasteiger partial charge in [0.05, 0.1) is 6.20 Å². The molecule has 0 fully saturated rings. The van der Waals surface area contributed by atoms with Crippen LogP contribution < -0.4 is 5.73 Å². The van der Waals surface area contributed by atoms with Gasteiger partial charge < -0.3 is 5.73 Å². The fraction of sp³-hybridized carbons (Fsp3) is 0.308. The normalized spacial score (nSPS) is 11.7. The summed E-state index contributed by atoms with van der Waals surface area (Å²) in [4.78, 5) is 0. The number of anilines is 1. The molecular formula is C13H16FN3. The van der Waals surface area contributed by atoms with Crippen LogP contribution in [-0.4, -0.2) is 15.9 Å². The van der Waals surface area contributed by atoms with Gasteiger partial charge in [-0.05, 0) is 25.0 Å². The molecule has 0 amide bonds. The van der Waals surface area contributed by atoms with Gasteiger partial charge in [0.1, 0.15) is 11.5 Å². The molecule has 1 heterocycles. The van der Waals surface area contributed by atoms with Crippen molar-refractivity contribution in [2.75, 3.05) is 5.73 Å². The molecule has 17 heavy (non-hydrogen) atoms. The maximum atomic E-state index is 13.6. The second kappa shape index (κ2) is 4.20. The third-order valence-electron chi connectivity index (χ3n) is 2.53. The lowest BCUT2D eigenvalue weighted by Crippen LogP contribution is -2.15. The predicted octanol–water partition coefficient (Wildman–Crippen LogP) is 2.95. The zero-order valence-corrected chi connectivity index (χ0v) is 10.00. The first-order valence-electron chi connectivity index (χ1n) is 5.53. The summed E-state index contributed by atoms with van der Waals surface area (Å²) in [6, 6.07) is 7.71. The lowest BCUT2D eigenvalue weighted by Gasteiger charge is -2.14. The van der Waals surface area contributed by atoms with E-state index in [2.05, 4.69) is 10.2 Å². The van der Waals surface area contributed by atoms with Gasteiger partial charge in [0, 0.05) is 12.0 Å². The van der Waals surface area contributed by atoms with Crippen LogP contribution in [0, 0.1) is 0 Å². The molecule has 2 aromatic rings. The lowest BCUT2D eigenvalue weighted by atomic mass is 9.97. The van der Waals surface area contributed by atoms with Crippen LogP contribution in [0.5, 0.6) is 0 Å². The molecular weight excluding hydrogens is 217 g/mol. The largest absolute Gasteiger partial charge is 0.384 e. The van der Waals surface area contributed by atoms with E-state index >= 15 is 0 Å². The first-order valence-corrected chi connectivity index (χ1v) is 5.53. The van der Waals surface area contributed by atoms with Gasteiger partial charge >= 0.3 is 0 Å². The van der Waals surface area contributed by atoms with Crippen molar-refractivity contribution in [2.45, 2.75) is 25.9 Å². The average Bonchev–Trinajstić information content (AvgIpc) is 2.62. The van der Waals surface area contributed by atoms with Crippen LogP contribution in [0.15, 0.2) is 30.5 Å². The van der Waals surface area contributed by atoms with Crippen molar-refractivity contribution >= 4 is 5.82 Å². The fourth-order valence-electron chi connectivity index (χ4n) is 1.86. The minimum absolute atomic E-state index is 0.387. The molecule has 1 aromatic carbocycles. The summed E-state index contributed by atoms with van der Waals surface area (Å²) >= 11 is 0. The number of nitrogen functional groups attached to an aromatic ring is 1. The molecule has 0 atom stereocenters. The van der Waals surface area contributed by atoms with Crippen LogP contribution in [-0.2, 0) is 6.42 Å². The summed E-state index contributed by atoms with van der Waals surface area (Å²) in [5.74, 6) is 0.529. The van der Waals surface area contributed by atoms with Gasteiger partial charge in [-0.15, -0.1) is 0 Å². The van der Waals surface area contributed by atoms with Crippen molar-refractivity contribution in [1.29, 1.82) is 0 Å². The average molecular weight is 233 g/mol. The van der Waals surface area contributed by atoms with E-state index in [1.807, 2.05) is 24.3 Å². The van der Waals surface area contributed by atoms with Gasteiger partial charge in [0.2, 0.25) is 0 Å². The smallest absolute Gasteiger partial charge is 0.126 e. The molecule has 0 unspecified atom stereocenters. The Hall–Kier alpha value is -1.84. The molecule has 4 heteroatoms. The van der Waals surface area contributed by atoms with Crippen LogP contribution in [0.2, 0.25) is 0 Å². The van der Waals surface area contributed by atoms with Gasteiger partial charge in [-0.25, -0.2) is 4.39 Å². The number of aromatic nitrogens is 2. The fourth-order valence-corrected chi connectivity index (χ4v) is 1.86. The number of benzene rings is 1. The van der Waals surface area contributed by atoms with Gasteiger partial charge in [-0.2, -0.15) is 5.10 Å². The number of halogens is 1. The summed E-state index contributed by atoms with van der Waals surface area (Å²) in [5.41, 5.74) is 7.31. The van der Waals surface area contributed by atoms with Crippen LogP contribution in [0.4, 0.5) is 10.2 Å². The van der Waals surface area contributed by atoms with Gasteiger partial charge in [0.25, 0.3) is 0 Å². The van der Waals surface area contributed by atoms with Gasteiger partial charge in [0.15, 0.2) is 0 Å². The highest BCUT2D eigenvalue weighted by Crippen LogP contribution is 2.26. The second-order valence-electron chi connectivity index (χ2n) is 4.79. The Kier molecular flexibility index (Phi) is 2.88. The third-order valence-corrected chi connectivity index (χ3v) is 2.53. The molecule has 90 valence electrons. The topological polar surface area (TPSA) is 54.7 Å². The summed E-state index contributed by atoms with van der Waals surface area (Å²) < 4.78 is 13.6. The highest BCUT2D eigenvalue weighted by Gasteiger charge is 2.16. The first kappa shape index (κ1) is 11.6. The zero-order valence-electron chi connectivity index (χ0n) is 10.00. The molecule has 1 aromatic heterocycles. The predicted molar refractivity (Wildman–Crippen MR) is 67.3 cm³/mol. The van der Waals surface area contributed by atoms with Crippen molar-refractivity contribution in [1.82, 2.24) is 10.2 Å². The summed E-state index contributed by atoms with van der Waals surface area (Å²) in [6.45, 7) is 3.15. The number of nitrogens with one attached hydrogen (secondary N) is 1. The molecule has 2 rings (SSSR count). The summed E-state index contributed by atoms with van der Waals surface area (Å²) in [6.07, 6.45) is 2.06. The quantitative estimate of drug-likeness (QED) is 0.856. The molecule has 3 nitrogen and oxygen atoms in total. The van der Waals surface area contributed by atoms with Crippen LogP contribution in [0.25, 0.3) is 11.1 Å². The molecule has 3 N–H and O–H groups in total. The van der Waals surface area contributed by atoms with Crippen molar-refractivity contribution in [3.8, 4) is 11.1 Å². The third kappa shape index (κ3) is 2.84. The van der Waals surface area contributed by atoms with Crippen LogP contribution in [0.1, 0.15) is 19.4 Å². The Balaban J connectivity index is 2.32. The van der Waals surface area contributed by atoms with E-state index in [1.54, 1.807) is 20.0 Å². The second-order valence-corrected chi connectivity index (χ2v) is 4.79. The van der Waals surface area contributed by atoms with Gasteiger partial charge in [-0.3, -0.25) is 5.10 Å². The monoisotopic (exact) mass is 233 g/mol. The van der Waals surface area contributed by atoms with Crippen LogP contribution in [0.3, 0.4) is 0 Å². The number of hydrogen-bond donors (Lipinski definition) is 2. The maximum absolute atomic E-state index is 13.6. The Morgan fingerprint density at radius 1 is 1.41 bits per heavy atom. The number of alkyl halides is 1. The number of nitrogens with two attached hydrogens (primary N) is 1. The summed E-state index contributed by atoms with van der Waals surface area (Å²) in [5, 5.41) is 6.57. The van der Waals surface area contributed by atoms with E-state index in [0.29, 0.717) is 12.2 Å². The minimum Gasteiger partial charge on any atom is -0.384 e. The zero-order chi connectivity index (χ0) is 12.5. The Morgan fingerprint density at radius 3 is 2.76 bits per heavy atom. The Morgan fingerprint density at radius 2 is 2.18 bits per heavy atom. The van der Waals surface area contributed by atoms with Crippen molar-refractivity contribution in [3.05, 3.63) is 36.0 Å². The van der Waals surface area contributed by atoms with E-state index in [-0.39, 0.29) is 0 Å². The molecule has 0 saturated heterocycles.